The molecule has 8 heteroatoms. The molecule has 0 spiro atoms. The van der Waals surface area contributed by atoms with Gasteiger partial charge in [-0.25, -0.2) is 9.82 Å². The van der Waals surface area contributed by atoms with E-state index < -0.39 is 0 Å². The van der Waals surface area contributed by atoms with E-state index in [0.717, 1.165) is 41.8 Å². The number of carbonyl (C=O) groups excluding carboxylic acids is 1. The zero-order valence-electron chi connectivity index (χ0n) is 15.9. The number of hydrogen-bond acceptors (Lipinski definition) is 5. The highest BCUT2D eigenvalue weighted by molar-refractivity contribution is 8.14. The molecule has 0 bridgehead atoms. The highest BCUT2D eigenvalue weighted by Gasteiger charge is 2.27. The zero-order valence-corrected chi connectivity index (χ0v) is 16.7. The third kappa shape index (κ3) is 3.85. The summed E-state index contributed by atoms with van der Waals surface area (Å²) in [5, 5.41) is 17.4. The number of anilines is 1. The molecule has 2 heterocycles. The van der Waals surface area contributed by atoms with Crippen molar-refractivity contribution in [1.82, 2.24) is 5.43 Å². The number of fused-ring (bicyclic) bond motifs is 1. The fraction of sp³-hybridized carbons (Fsp3) is 0.286. The zero-order chi connectivity index (χ0) is 20.4. The number of aryl methyl sites for hydroxylation is 1. The maximum atomic E-state index is 13.3. The van der Waals surface area contributed by atoms with Crippen molar-refractivity contribution in [2.75, 3.05) is 11.4 Å². The standard InChI is InChI=1S/C21H21FN4O2S/c1-2-18-19(23-24-21(27)29-18)15-7-10-17-14(12-15)4-3-11-26(17)20(25-28)13-5-8-16(22)9-6-13/h5-10,12,18,28H,2-4,11H2,1H3,(H,24,27). The second-order valence-corrected chi connectivity index (χ2v) is 8.12. The number of halogens is 1. The number of amides is 1. The summed E-state index contributed by atoms with van der Waals surface area (Å²) in [6, 6.07) is 12.0. The molecule has 0 aliphatic carbocycles. The van der Waals surface area contributed by atoms with E-state index in [2.05, 4.69) is 21.7 Å². The van der Waals surface area contributed by atoms with Crippen LogP contribution in [0, 0.1) is 5.82 Å². The molecule has 0 radical (unpaired) electrons. The van der Waals surface area contributed by atoms with Crippen molar-refractivity contribution < 1.29 is 14.4 Å². The van der Waals surface area contributed by atoms with E-state index in [1.807, 2.05) is 24.0 Å². The summed E-state index contributed by atoms with van der Waals surface area (Å²) in [4.78, 5) is 13.6. The Kier molecular flexibility index (Phi) is 5.53. The summed E-state index contributed by atoms with van der Waals surface area (Å²) < 4.78 is 13.3. The van der Waals surface area contributed by atoms with Crippen LogP contribution in [0.5, 0.6) is 0 Å². The second kappa shape index (κ2) is 8.24. The van der Waals surface area contributed by atoms with E-state index in [4.69, 9.17) is 0 Å². The number of benzene rings is 2. The number of thioether (sulfide) groups is 1. The van der Waals surface area contributed by atoms with Crippen LogP contribution in [0.2, 0.25) is 0 Å². The van der Waals surface area contributed by atoms with Crippen molar-refractivity contribution in [2.24, 2.45) is 10.3 Å². The van der Waals surface area contributed by atoms with E-state index in [9.17, 15) is 14.4 Å². The fourth-order valence-corrected chi connectivity index (χ4v) is 4.58. The lowest BCUT2D eigenvalue weighted by atomic mass is 9.95. The fourth-order valence-electron chi connectivity index (χ4n) is 3.76. The summed E-state index contributed by atoms with van der Waals surface area (Å²) >= 11 is 1.26. The van der Waals surface area contributed by atoms with E-state index in [-0.39, 0.29) is 16.3 Å². The second-order valence-electron chi connectivity index (χ2n) is 6.94. The predicted octanol–water partition coefficient (Wildman–Crippen LogP) is 4.35. The monoisotopic (exact) mass is 412 g/mol. The number of amidine groups is 1. The minimum absolute atomic E-state index is 0.0234. The van der Waals surface area contributed by atoms with Crippen LogP contribution in [0.3, 0.4) is 0 Å². The van der Waals surface area contributed by atoms with Gasteiger partial charge in [-0.05, 0) is 66.8 Å². The number of hydrazone groups is 1. The van der Waals surface area contributed by atoms with Crippen LogP contribution < -0.4 is 10.3 Å². The average molecular weight is 412 g/mol. The van der Waals surface area contributed by atoms with Gasteiger partial charge in [0.1, 0.15) is 5.82 Å². The number of hydrogen-bond donors (Lipinski definition) is 2. The lowest BCUT2D eigenvalue weighted by molar-refractivity contribution is 0.260. The van der Waals surface area contributed by atoms with Gasteiger partial charge < -0.3 is 10.1 Å². The van der Waals surface area contributed by atoms with E-state index in [1.165, 1.54) is 23.9 Å². The Bertz CT molecular complexity index is 991. The van der Waals surface area contributed by atoms with E-state index >= 15 is 0 Å². The predicted molar refractivity (Wildman–Crippen MR) is 114 cm³/mol. The molecule has 2 aromatic carbocycles. The molecule has 1 atom stereocenters. The average Bonchev–Trinajstić information content (AvgIpc) is 2.75. The SMILES string of the molecule is CCC1SC(=O)NN=C1c1ccc2c(c1)CCCN2C(=NO)c1ccc(F)cc1. The first kappa shape index (κ1) is 19.4. The molecular weight excluding hydrogens is 391 g/mol. The van der Waals surface area contributed by atoms with Crippen LogP contribution in [-0.4, -0.2) is 33.8 Å². The third-order valence-corrected chi connectivity index (χ3v) is 6.29. The molecule has 6 nitrogen and oxygen atoms in total. The molecule has 4 rings (SSSR count). The Hall–Kier alpha value is -2.87. The van der Waals surface area contributed by atoms with Gasteiger partial charge in [-0.2, -0.15) is 5.10 Å². The Morgan fingerprint density at radius 1 is 1.34 bits per heavy atom. The van der Waals surface area contributed by atoms with Crippen molar-refractivity contribution in [3.05, 3.63) is 65.0 Å². The van der Waals surface area contributed by atoms with Gasteiger partial charge in [-0.1, -0.05) is 29.9 Å². The summed E-state index contributed by atoms with van der Waals surface area (Å²) in [5.41, 5.74) is 7.13. The Labute approximate surface area is 172 Å². The number of nitrogens with zero attached hydrogens (tertiary/aromatic N) is 3. The molecule has 29 heavy (non-hydrogen) atoms. The number of carbonyl (C=O) groups is 1. The highest BCUT2D eigenvalue weighted by Crippen LogP contribution is 2.32. The van der Waals surface area contributed by atoms with Crippen molar-refractivity contribution in [3.63, 3.8) is 0 Å². The Morgan fingerprint density at radius 2 is 2.14 bits per heavy atom. The summed E-state index contributed by atoms with van der Waals surface area (Å²) in [6.07, 6.45) is 2.60. The smallest absolute Gasteiger partial charge is 0.299 e. The normalized spacial score (nSPS) is 19.4. The van der Waals surface area contributed by atoms with Gasteiger partial charge in [0.25, 0.3) is 5.24 Å². The van der Waals surface area contributed by atoms with Gasteiger partial charge in [0.05, 0.1) is 11.0 Å². The molecule has 2 aliphatic heterocycles. The van der Waals surface area contributed by atoms with Crippen LogP contribution in [0.4, 0.5) is 14.9 Å². The lowest BCUT2D eigenvalue weighted by Crippen LogP contribution is -2.36. The summed E-state index contributed by atoms with van der Waals surface area (Å²) in [7, 11) is 0. The van der Waals surface area contributed by atoms with Crippen molar-refractivity contribution >= 4 is 34.2 Å². The Balaban J connectivity index is 1.68. The van der Waals surface area contributed by atoms with Crippen LogP contribution in [0.1, 0.15) is 36.5 Å². The van der Waals surface area contributed by atoms with E-state index in [0.29, 0.717) is 17.9 Å². The molecular formula is C21H21FN4O2S. The lowest BCUT2D eigenvalue weighted by Gasteiger charge is -2.32. The van der Waals surface area contributed by atoms with Gasteiger partial charge in [0.15, 0.2) is 5.84 Å². The topological polar surface area (TPSA) is 77.3 Å². The number of rotatable bonds is 3. The van der Waals surface area contributed by atoms with E-state index in [1.54, 1.807) is 12.1 Å². The third-order valence-electron chi connectivity index (χ3n) is 5.14. The largest absolute Gasteiger partial charge is 0.409 e. The molecule has 2 aromatic rings. The van der Waals surface area contributed by atoms with Gasteiger partial charge >= 0.3 is 0 Å². The van der Waals surface area contributed by atoms with Crippen LogP contribution >= 0.6 is 11.8 Å². The molecule has 0 aromatic heterocycles. The molecule has 1 unspecified atom stereocenters. The molecule has 150 valence electrons. The van der Waals surface area contributed by atoms with Crippen LogP contribution in [-0.2, 0) is 6.42 Å². The minimum Gasteiger partial charge on any atom is -0.409 e. The Morgan fingerprint density at radius 3 is 2.86 bits per heavy atom. The van der Waals surface area contributed by atoms with Crippen molar-refractivity contribution in [2.45, 2.75) is 31.4 Å². The maximum absolute atomic E-state index is 13.3. The van der Waals surface area contributed by atoms with Crippen LogP contribution in [0.15, 0.2) is 52.7 Å². The molecule has 2 N–H and O–H groups in total. The van der Waals surface area contributed by atoms with Gasteiger partial charge in [-0.3, -0.25) is 4.79 Å². The first-order valence-electron chi connectivity index (χ1n) is 9.53. The molecule has 2 aliphatic rings. The number of oxime groups is 1. The molecule has 0 fully saturated rings. The number of nitrogens with one attached hydrogen (secondary N) is 1. The molecule has 1 amide bonds. The molecule has 0 saturated carbocycles. The summed E-state index contributed by atoms with van der Waals surface area (Å²) in [5.74, 6) is 0.0568. The van der Waals surface area contributed by atoms with Gasteiger partial charge in [0, 0.05) is 17.8 Å². The van der Waals surface area contributed by atoms with Crippen molar-refractivity contribution in [3.8, 4) is 0 Å². The summed E-state index contributed by atoms with van der Waals surface area (Å²) in [6.45, 7) is 2.74. The molecule has 0 saturated heterocycles. The van der Waals surface area contributed by atoms with Gasteiger partial charge in [-0.15, -0.1) is 0 Å². The maximum Gasteiger partial charge on any atom is 0.299 e. The highest BCUT2D eigenvalue weighted by atomic mass is 32.2. The van der Waals surface area contributed by atoms with Crippen LogP contribution in [0.25, 0.3) is 0 Å². The van der Waals surface area contributed by atoms with Crippen molar-refractivity contribution in [1.29, 1.82) is 0 Å². The minimum atomic E-state index is -0.335. The van der Waals surface area contributed by atoms with Gasteiger partial charge in [0.2, 0.25) is 0 Å². The quantitative estimate of drug-likeness (QED) is 0.340. The first-order valence-corrected chi connectivity index (χ1v) is 10.4. The first-order chi connectivity index (χ1) is 14.1.